The highest BCUT2D eigenvalue weighted by molar-refractivity contribution is 9.10. The Morgan fingerprint density at radius 3 is 2.30 bits per heavy atom. The van der Waals surface area contributed by atoms with E-state index in [1.54, 1.807) is 62.4 Å². The summed E-state index contributed by atoms with van der Waals surface area (Å²) < 4.78 is 34.4. The fraction of sp³-hybridized carbons (Fsp3) is 0.174. The average molecular weight is 488 g/mol. The number of halogens is 1. The van der Waals surface area contributed by atoms with Crippen molar-refractivity contribution >= 4 is 37.5 Å². The Labute approximate surface area is 185 Å². The Bertz CT molecular complexity index is 1160. The number of amides is 1. The fourth-order valence-electron chi connectivity index (χ4n) is 2.98. The molecule has 30 heavy (non-hydrogen) atoms. The first-order chi connectivity index (χ1) is 14.2. The van der Waals surface area contributed by atoms with E-state index in [2.05, 4.69) is 15.9 Å². The van der Waals surface area contributed by atoms with E-state index in [0.29, 0.717) is 17.0 Å². The van der Waals surface area contributed by atoms with Gasteiger partial charge in [-0.15, -0.1) is 0 Å². The van der Waals surface area contributed by atoms with E-state index in [-0.39, 0.29) is 4.90 Å². The molecule has 0 saturated heterocycles. The SMILES string of the molecule is Cc1cccc(N(C(=O)C(C)Oc2cccc(Br)c2)S(=O)(=O)c2ccccc2)c1C. The van der Waals surface area contributed by atoms with Crippen LogP contribution in [-0.4, -0.2) is 20.4 Å². The van der Waals surface area contributed by atoms with Gasteiger partial charge in [-0.2, -0.15) is 4.31 Å². The molecule has 0 saturated carbocycles. The molecule has 1 unspecified atom stereocenters. The summed E-state index contributed by atoms with van der Waals surface area (Å²) in [7, 11) is -4.14. The summed E-state index contributed by atoms with van der Waals surface area (Å²) in [6.45, 7) is 5.21. The van der Waals surface area contributed by atoms with Crippen LogP contribution in [0, 0.1) is 13.8 Å². The minimum Gasteiger partial charge on any atom is -0.481 e. The first-order valence-electron chi connectivity index (χ1n) is 9.34. The summed E-state index contributed by atoms with van der Waals surface area (Å²) in [5.74, 6) is -0.212. The Morgan fingerprint density at radius 2 is 1.63 bits per heavy atom. The molecule has 7 heteroatoms. The molecule has 1 amide bonds. The van der Waals surface area contributed by atoms with Crippen molar-refractivity contribution in [1.82, 2.24) is 0 Å². The van der Waals surface area contributed by atoms with Gasteiger partial charge < -0.3 is 4.74 Å². The van der Waals surface area contributed by atoms with Crippen LogP contribution in [0.15, 0.2) is 82.2 Å². The molecule has 0 bridgehead atoms. The van der Waals surface area contributed by atoms with Crippen molar-refractivity contribution in [3.63, 3.8) is 0 Å². The van der Waals surface area contributed by atoms with Crippen molar-refractivity contribution in [2.24, 2.45) is 0 Å². The number of rotatable bonds is 6. The van der Waals surface area contributed by atoms with Crippen LogP contribution < -0.4 is 9.04 Å². The summed E-state index contributed by atoms with van der Waals surface area (Å²) in [5, 5.41) is 0. The maximum atomic E-state index is 13.5. The summed E-state index contributed by atoms with van der Waals surface area (Å²) in [4.78, 5) is 13.5. The van der Waals surface area contributed by atoms with Gasteiger partial charge in [-0.25, -0.2) is 8.42 Å². The highest BCUT2D eigenvalue weighted by atomic mass is 79.9. The average Bonchev–Trinajstić information content (AvgIpc) is 2.72. The summed E-state index contributed by atoms with van der Waals surface area (Å²) in [6.07, 6.45) is -1.03. The number of benzene rings is 3. The second-order valence-electron chi connectivity index (χ2n) is 6.86. The van der Waals surface area contributed by atoms with Gasteiger partial charge in [0.15, 0.2) is 6.10 Å². The molecule has 0 N–H and O–H groups in total. The largest absolute Gasteiger partial charge is 0.481 e. The lowest BCUT2D eigenvalue weighted by molar-refractivity contribution is -0.123. The molecule has 0 radical (unpaired) electrons. The van der Waals surface area contributed by atoms with Gasteiger partial charge in [-0.05, 0) is 68.3 Å². The van der Waals surface area contributed by atoms with Crippen LogP contribution in [0.5, 0.6) is 5.75 Å². The van der Waals surface area contributed by atoms with Crippen LogP contribution in [0.2, 0.25) is 0 Å². The molecular formula is C23H22BrNO4S. The third kappa shape index (κ3) is 4.57. The van der Waals surface area contributed by atoms with Crippen molar-refractivity contribution in [3.8, 4) is 5.75 Å². The fourth-order valence-corrected chi connectivity index (χ4v) is 4.91. The van der Waals surface area contributed by atoms with Gasteiger partial charge in [-0.3, -0.25) is 4.79 Å². The van der Waals surface area contributed by atoms with Gasteiger partial charge >= 0.3 is 0 Å². The van der Waals surface area contributed by atoms with E-state index in [1.165, 1.54) is 12.1 Å². The molecular weight excluding hydrogens is 466 g/mol. The Hall–Kier alpha value is -2.64. The van der Waals surface area contributed by atoms with Crippen LogP contribution in [0.1, 0.15) is 18.1 Å². The zero-order valence-electron chi connectivity index (χ0n) is 16.9. The number of anilines is 1. The molecule has 0 aromatic heterocycles. The lowest BCUT2D eigenvalue weighted by Crippen LogP contribution is -2.44. The number of ether oxygens (including phenoxy) is 1. The Morgan fingerprint density at radius 1 is 0.967 bits per heavy atom. The predicted octanol–water partition coefficient (Wildman–Crippen LogP) is 5.26. The molecule has 0 aliphatic heterocycles. The van der Waals surface area contributed by atoms with Crippen LogP contribution in [0.25, 0.3) is 0 Å². The molecule has 3 aromatic carbocycles. The van der Waals surface area contributed by atoms with E-state index in [4.69, 9.17) is 4.74 Å². The van der Waals surface area contributed by atoms with Gasteiger partial charge in [0.2, 0.25) is 0 Å². The van der Waals surface area contributed by atoms with Crippen molar-refractivity contribution in [2.45, 2.75) is 31.8 Å². The van der Waals surface area contributed by atoms with E-state index >= 15 is 0 Å². The number of sulfonamides is 1. The van der Waals surface area contributed by atoms with Gasteiger partial charge in [0, 0.05) is 4.47 Å². The van der Waals surface area contributed by atoms with Crippen molar-refractivity contribution < 1.29 is 17.9 Å². The molecule has 0 aliphatic rings. The number of aryl methyl sites for hydroxylation is 1. The normalized spacial score (nSPS) is 12.3. The number of carbonyl (C=O) groups is 1. The van der Waals surface area contributed by atoms with Gasteiger partial charge in [-0.1, -0.05) is 52.3 Å². The molecule has 3 aromatic rings. The summed E-state index contributed by atoms with van der Waals surface area (Å²) >= 11 is 3.36. The highest BCUT2D eigenvalue weighted by Gasteiger charge is 2.35. The molecule has 1 atom stereocenters. The van der Waals surface area contributed by atoms with Crippen LogP contribution in [0.4, 0.5) is 5.69 Å². The minimum absolute atomic E-state index is 0.0360. The quantitative estimate of drug-likeness (QED) is 0.475. The van der Waals surface area contributed by atoms with Gasteiger partial charge in [0.25, 0.3) is 15.9 Å². The monoisotopic (exact) mass is 487 g/mol. The maximum Gasteiger partial charge on any atom is 0.281 e. The zero-order valence-corrected chi connectivity index (χ0v) is 19.3. The van der Waals surface area contributed by atoms with E-state index < -0.39 is 22.0 Å². The molecule has 5 nitrogen and oxygen atoms in total. The standard InChI is InChI=1S/C23H22BrNO4S/c1-16-9-7-14-22(17(16)2)25(30(27,28)21-12-5-4-6-13-21)23(26)18(3)29-20-11-8-10-19(24)15-20/h4-15,18H,1-3H3. The number of carbonyl (C=O) groups excluding carboxylic acids is 1. The topological polar surface area (TPSA) is 63.7 Å². The van der Waals surface area contributed by atoms with E-state index in [1.807, 2.05) is 19.1 Å². The minimum atomic E-state index is -4.14. The first kappa shape index (κ1) is 22.1. The van der Waals surface area contributed by atoms with Crippen molar-refractivity contribution in [3.05, 3.63) is 88.4 Å². The number of nitrogens with zero attached hydrogens (tertiary/aromatic N) is 1. The maximum absolute atomic E-state index is 13.5. The molecule has 0 fully saturated rings. The van der Waals surface area contributed by atoms with Crippen LogP contribution in [-0.2, 0) is 14.8 Å². The number of hydrogen-bond donors (Lipinski definition) is 0. The lowest BCUT2D eigenvalue weighted by Gasteiger charge is -2.27. The highest BCUT2D eigenvalue weighted by Crippen LogP contribution is 2.30. The van der Waals surface area contributed by atoms with Crippen molar-refractivity contribution in [2.75, 3.05) is 4.31 Å². The van der Waals surface area contributed by atoms with E-state index in [9.17, 15) is 13.2 Å². The van der Waals surface area contributed by atoms with Crippen molar-refractivity contribution in [1.29, 1.82) is 0 Å². The molecule has 3 rings (SSSR count). The third-order valence-electron chi connectivity index (χ3n) is 4.73. The second-order valence-corrected chi connectivity index (χ2v) is 9.56. The van der Waals surface area contributed by atoms with Gasteiger partial charge in [0.1, 0.15) is 5.75 Å². The third-order valence-corrected chi connectivity index (χ3v) is 6.95. The van der Waals surface area contributed by atoms with Gasteiger partial charge in [0.05, 0.1) is 10.6 Å². The molecule has 0 heterocycles. The van der Waals surface area contributed by atoms with E-state index in [0.717, 1.165) is 14.3 Å². The second kappa shape index (κ2) is 9.02. The first-order valence-corrected chi connectivity index (χ1v) is 11.6. The summed E-state index contributed by atoms with van der Waals surface area (Å²) in [6, 6.07) is 20.2. The Kier molecular flexibility index (Phi) is 6.63. The smallest absolute Gasteiger partial charge is 0.281 e. The zero-order chi connectivity index (χ0) is 21.9. The number of hydrogen-bond acceptors (Lipinski definition) is 4. The predicted molar refractivity (Wildman–Crippen MR) is 121 cm³/mol. The Balaban J connectivity index is 2.07. The molecule has 0 aliphatic carbocycles. The molecule has 156 valence electrons. The lowest BCUT2D eigenvalue weighted by atomic mass is 10.1. The van der Waals surface area contributed by atoms with Crippen LogP contribution in [0.3, 0.4) is 0 Å². The molecule has 0 spiro atoms. The van der Waals surface area contributed by atoms with Crippen LogP contribution >= 0.6 is 15.9 Å². The summed E-state index contributed by atoms with van der Waals surface area (Å²) in [5.41, 5.74) is 1.91.